The van der Waals surface area contributed by atoms with Crippen molar-refractivity contribution in [2.75, 3.05) is 26.1 Å². The summed E-state index contributed by atoms with van der Waals surface area (Å²) in [6.45, 7) is 3.04. The topological polar surface area (TPSA) is 43.4 Å². The molecule has 106 valence electrons. The lowest BCUT2D eigenvalue weighted by Gasteiger charge is -2.13. The summed E-state index contributed by atoms with van der Waals surface area (Å²) in [5.41, 5.74) is 1.79. The fourth-order valence-electron chi connectivity index (χ4n) is 2.03. The Morgan fingerprint density at radius 3 is 2.55 bits per heavy atom. The highest BCUT2D eigenvalue weighted by molar-refractivity contribution is 5.72. The number of benzene rings is 1. The van der Waals surface area contributed by atoms with Crippen LogP contribution < -0.4 is 14.8 Å². The van der Waals surface area contributed by atoms with Crippen molar-refractivity contribution in [3.8, 4) is 22.8 Å². The van der Waals surface area contributed by atoms with Gasteiger partial charge in [0, 0.05) is 12.1 Å². The molecular weight excluding hydrogens is 252 g/mol. The molecule has 1 N–H and O–H groups in total. The van der Waals surface area contributed by atoms with Gasteiger partial charge in [-0.15, -0.1) is 0 Å². The molecule has 0 amide bonds. The quantitative estimate of drug-likeness (QED) is 0.872. The summed E-state index contributed by atoms with van der Waals surface area (Å²) < 4.78 is 10.8. The largest absolute Gasteiger partial charge is 0.493 e. The van der Waals surface area contributed by atoms with Gasteiger partial charge in [0.25, 0.3) is 0 Å². The molecule has 0 saturated heterocycles. The molecule has 1 aromatic carbocycles. The van der Waals surface area contributed by atoms with Crippen molar-refractivity contribution in [3.05, 3.63) is 36.4 Å². The molecular formula is C16H20N2O2. The van der Waals surface area contributed by atoms with Crippen molar-refractivity contribution >= 4 is 5.82 Å². The van der Waals surface area contributed by atoms with E-state index in [0.717, 1.165) is 30.0 Å². The first-order valence-electron chi connectivity index (χ1n) is 6.72. The maximum Gasteiger partial charge on any atom is 0.170 e. The van der Waals surface area contributed by atoms with Crippen LogP contribution in [0.2, 0.25) is 0 Å². The van der Waals surface area contributed by atoms with Gasteiger partial charge in [0.2, 0.25) is 0 Å². The molecule has 0 atom stereocenters. The summed E-state index contributed by atoms with van der Waals surface area (Å²) in [6.07, 6.45) is 1.06. The lowest BCUT2D eigenvalue weighted by molar-refractivity contribution is 0.356. The van der Waals surface area contributed by atoms with Crippen LogP contribution in [0, 0.1) is 0 Å². The minimum Gasteiger partial charge on any atom is -0.493 e. The number of rotatable bonds is 6. The van der Waals surface area contributed by atoms with Crippen molar-refractivity contribution in [3.63, 3.8) is 0 Å². The number of nitrogens with one attached hydrogen (secondary N) is 1. The molecule has 0 radical (unpaired) electrons. The summed E-state index contributed by atoms with van der Waals surface area (Å²) in [4.78, 5) is 4.62. The van der Waals surface area contributed by atoms with Crippen LogP contribution in [0.5, 0.6) is 11.5 Å². The average molecular weight is 272 g/mol. The van der Waals surface area contributed by atoms with E-state index >= 15 is 0 Å². The Balaban J connectivity index is 2.40. The number of hydrogen-bond donors (Lipinski definition) is 1. The predicted molar refractivity (Wildman–Crippen MR) is 81.6 cm³/mol. The van der Waals surface area contributed by atoms with E-state index in [1.807, 2.05) is 36.4 Å². The SMILES string of the molecule is CCCNc1cccc(-c2cccc(OC)c2OC)n1. The molecule has 2 rings (SSSR count). The highest BCUT2D eigenvalue weighted by Gasteiger charge is 2.12. The Morgan fingerprint density at radius 2 is 1.85 bits per heavy atom. The normalized spacial score (nSPS) is 10.2. The van der Waals surface area contributed by atoms with Crippen LogP contribution in [0.15, 0.2) is 36.4 Å². The zero-order valence-electron chi connectivity index (χ0n) is 12.1. The third-order valence-corrected chi connectivity index (χ3v) is 2.98. The lowest BCUT2D eigenvalue weighted by atomic mass is 10.1. The molecule has 0 bridgehead atoms. The average Bonchev–Trinajstić information content (AvgIpc) is 2.52. The van der Waals surface area contributed by atoms with Crippen molar-refractivity contribution in [2.45, 2.75) is 13.3 Å². The summed E-state index contributed by atoms with van der Waals surface area (Å²) in [6, 6.07) is 11.7. The van der Waals surface area contributed by atoms with Gasteiger partial charge in [-0.1, -0.05) is 19.1 Å². The molecule has 0 aliphatic carbocycles. The molecule has 2 aromatic rings. The second kappa shape index (κ2) is 6.80. The molecule has 4 nitrogen and oxygen atoms in total. The van der Waals surface area contributed by atoms with E-state index in [1.165, 1.54) is 0 Å². The number of ether oxygens (including phenoxy) is 2. The Hall–Kier alpha value is -2.23. The van der Waals surface area contributed by atoms with E-state index in [1.54, 1.807) is 14.2 Å². The van der Waals surface area contributed by atoms with Crippen LogP contribution in [0.4, 0.5) is 5.82 Å². The molecule has 0 aliphatic rings. The van der Waals surface area contributed by atoms with Crippen LogP contribution in [-0.4, -0.2) is 25.7 Å². The van der Waals surface area contributed by atoms with Crippen molar-refractivity contribution < 1.29 is 9.47 Å². The van der Waals surface area contributed by atoms with Crippen molar-refractivity contribution in [2.24, 2.45) is 0 Å². The second-order valence-electron chi connectivity index (χ2n) is 4.38. The first-order chi connectivity index (χ1) is 9.80. The van der Waals surface area contributed by atoms with E-state index in [2.05, 4.69) is 17.2 Å². The Morgan fingerprint density at radius 1 is 1.05 bits per heavy atom. The molecule has 1 heterocycles. The molecule has 0 unspecified atom stereocenters. The van der Waals surface area contributed by atoms with E-state index in [-0.39, 0.29) is 0 Å². The van der Waals surface area contributed by atoms with Crippen molar-refractivity contribution in [1.82, 2.24) is 4.98 Å². The summed E-state index contributed by atoms with van der Waals surface area (Å²) in [5.74, 6) is 2.28. The van der Waals surface area contributed by atoms with Gasteiger partial charge < -0.3 is 14.8 Å². The molecule has 0 saturated carbocycles. The third-order valence-electron chi connectivity index (χ3n) is 2.98. The van der Waals surface area contributed by atoms with Crippen LogP contribution in [-0.2, 0) is 0 Å². The first-order valence-corrected chi connectivity index (χ1v) is 6.72. The van der Waals surface area contributed by atoms with Gasteiger partial charge in [0.1, 0.15) is 5.82 Å². The van der Waals surface area contributed by atoms with Gasteiger partial charge in [-0.3, -0.25) is 0 Å². The number of hydrogen-bond acceptors (Lipinski definition) is 4. The van der Waals surface area contributed by atoms with Gasteiger partial charge in [-0.25, -0.2) is 4.98 Å². The third kappa shape index (κ3) is 3.02. The minimum atomic E-state index is 0.704. The van der Waals surface area contributed by atoms with Crippen LogP contribution in [0.3, 0.4) is 0 Å². The molecule has 20 heavy (non-hydrogen) atoms. The number of methoxy groups -OCH3 is 2. The monoisotopic (exact) mass is 272 g/mol. The van der Waals surface area contributed by atoms with Crippen LogP contribution in [0.25, 0.3) is 11.3 Å². The number of anilines is 1. The first kappa shape index (κ1) is 14.2. The van der Waals surface area contributed by atoms with Gasteiger partial charge in [0.15, 0.2) is 11.5 Å². The van der Waals surface area contributed by atoms with Gasteiger partial charge in [-0.2, -0.15) is 0 Å². The lowest BCUT2D eigenvalue weighted by Crippen LogP contribution is -2.02. The van der Waals surface area contributed by atoms with Gasteiger partial charge >= 0.3 is 0 Å². The highest BCUT2D eigenvalue weighted by atomic mass is 16.5. The Kier molecular flexibility index (Phi) is 4.82. The van der Waals surface area contributed by atoms with E-state index in [9.17, 15) is 0 Å². The smallest absolute Gasteiger partial charge is 0.170 e. The van der Waals surface area contributed by atoms with Gasteiger partial charge in [-0.05, 0) is 30.7 Å². The summed E-state index contributed by atoms with van der Waals surface area (Å²) in [5, 5.41) is 3.29. The maximum absolute atomic E-state index is 5.46. The van der Waals surface area contributed by atoms with Gasteiger partial charge in [0.05, 0.1) is 19.9 Å². The van der Waals surface area contributed by atoms with E-state index < -0.39 is 0 Å². The van der Waals surface area contributed by atoms with Crippen LogP contribution >= 0.6 is 0 Å². The van der Waals surface area contributed by atoms with E-state index in [4.69, 9.17) is 9.47 Å². The van der Waals surface area contributed by atoms with E-state index in [0.29, 0.717) is 11.5 Å². The number of nitrogens with zero attached hydrogens (tertiary/aromatic N) is 1. The molecule has 0 spiro atoms. The number of para-hydroxylation sites is 1. The zero-order chi connectivity index (χ0) is 14.4. The fourth-order valence-corrected chi connectivity index (χ4v) is 2.03. The number of aromatic nitrogens is 1. The summed E-state index contributed by atoms with van der Waals surface area (Å²) >= 11 is 0. The summed E-state index contributed by atoms with van der Waals surface area (Å²) in [7, 11) is 3.27. The predicted octanol–water partition coefficient (Wildman–Crippen LogP) is 3.59. The Labute approximate surface area is 119 Å². The minimum absolute atomic E-state index is 0.704. The van der Waals surface area contributed by atoms with Crippen LogP contribution in [0.1, 0.15) is 13.3 Å². The molecule has 4 heteroatoms. The maximum atomic E-state index is 5.46. The zero-order valence-corrected chi connectivity index (χ0v) is 12.1. The molecule has 1 aromatic heterocycles. The molecule has 0 fully saturated rings. The number of pyridine rings is 1. The second-order valence-corrected chi connectivity index (χ2v) is 4.38. The standard InChI is InChI=1S/C16H20N2O2/c1-4-11-17-15-10-6-8-13(18-15)12-7-5-9-14(19-2)16(12)20-3/h5-10H,4,11H2,1-3H3,(H,17,18). The van der Waals surface area contributed by atoms with Crippen molar-refractivity contribution in [1.29, 1.82) is 0 Å². The fraction of sp³-hybridized carbons (Fsp3) is 0.312. The Bertz CT molecular complexity index is 570. The highest BCUT2D eigenvalue weighted by Crippen LogP contribution is 2.37. The molecule has 0 aliphatic heterocycles.